The number of amides is 1. The fourth-order valence-electron chi connectivity index (χ4n) is 2.11. The number of esters is 1. The van der Waals surface area contributed by atoms with E-state index in [1.165, 1.54) is 25.3 Å². The zero-order valence-corrected chi connectivity index (χ0v) is 13.5. The quantitative estimate of drug-likeness (QED) is 0.827. The van der Waals surface area contributed by atoms with E-state index in [1.807, 2.05) is 19.1 Å². The van der Waals surface area contributed by atoms with Gasteiger partial charge in [-0.3, -0.25) is 9.59 Å². The summed E-state index contributed by atoms with van der Waals surface area (Å²) in [5.74, 6) is -1.03. The second-order valence-electron chi connectivity index (χ2n) is 5.17. The van der Waals surface area contributed by atoms with Crippen molar-refractivity contribution in [3.05, 3.63) is 65.0 Å². The van der Waals surface area contributed by atoms with Gasteiger partial charge in [0.15, 0.2) is 0 Å². The van der Waals surface area contributed by atoms with Gasteiger partial charge in [-0.15, -0.1) is 0 Å². The highest BCUT2D eigenvalue weighted by atomic mass is 19.1. The molecule has 0 fully saturated rings. The van der Waals surface area contributed by atoms with Crippen LogP contribution in [0.25, 0.3) is 0 Å². The van der Waals surface area contributed by atoms with Gasteiger partial charge in [-0.2, -0.15) is 0 Å². The van der Waals surface area contributed by atoms with Crippen LogP contribution in [0.2, 0.25) is 0 Å². The van der Waals surface area contributed by atoms with Gasteiger partial charge in [0.05, 0.1) is 7.11 Å². The Morgan fingerprint density at radius 3 is 2.67 bits per heavy atom. The lowest BCUT2D eigenvalue weighted by Gasteiger charge is -2.10. The Hall–Kier alpha value is -2.89. The molecule has 126 valence electrons. The molecule has 2 aromatic rings. The van der Waals surface area contributed by atoms with Crippen LogP contribution in [-0.4, -0.2) is 25.5 Å². The van der Waals surface area contributed by atoms with Gasteiger partial charge < -0.3 is 14.8 Å². The van der Waals surface area contributed by atoms with Crippen LogP contribution in [0.15, 0.2) is 42.5 Å². The molecule has 0 saturated carbocycles. The third-order valence-corrected chi connectivity index (χ3v) is 3.30. The molecule has 0 aliphatic rings. The number of hydrogen-bond donors (Lipinski definition) is 1. The number of halogens is 1. The summed E-state index contributed by atoms with van der Waals surface area (Å²) in [4.78, 5) is 23.6. The van der Waals surface area contributed by atoms with E-state index in [1.54, 1.807) is 6.07 Å². The maximum absolute atomic E-state index is 13.1. The van der Waals surface area contributed by atoms with Gasteiger partial charge in [0.25, 0.3) is 5.91 Å². The number of benzene rings is 2. The van der Waals surface area contributed by atoms with E-state index in [9.17, 15) is 14.0 Å². The molecule has 24 heavy (non-hydrogen) atoms. The van der Waals surface area contributed by atoms with E-state index in [2.05, 4.69) is 5.32 Å². The van der Waals surface area contributed by atoms with Crippen molar-refractivity contribution >= 4 is 11.9 Å². The predicted octanol–water partition coefficient (Wildman–Crippen LogP) is 2.62. The molecule has 0 spiro atoms. The van der Waals surface area contributed by atoms with Crippen LogP contribution in [0, 0.1) is 12.7 Å². The summed E-state index contributed by atoms with van der Waals surface area (Å²) in [5.41, 5.74) is 1.90. The highest BCUT2D eigenvalue weighted by Gasteiger charge is 2.11. The van der Waals surface area contributed by atoms with E-state index in [4.69, 9.17) is 9.47 Å². The molecule has 0 heterocycles. The lowest BCUT2D eigenvalue weighted by atomic mass is 10.1. The van der Waals surface area contributed by atoms with Gasteiger partial charge in [0.1, 0.15) is 24.7 Å². The standard InChI is InChI=1S/C18H18FNO4/c1-12-6-7-16(23-2)14(8-12)11-24-17(21)10-20-18(22)13-4-3-5-15(19)9-13/h3-9H,10-11H2,1-2H3,(H,20,22). The third kappa shape index (κ3) is 4.81. The molecule has 0 bridgehead atoms. The molecule has 0 aliphatic carbocycles. The van der Waals surface area contributed by atoms with Crippen molar-refractivity contribution in [2.45, 2.75) is 13.5 Å². The second-order valence-corrected chi connectivity index (χ2v) is 5.17. The van der Waals surface area contributed by atoms with Crippen LogP contribution in [0.4, 0.5) is 4.39 Å². The van der Waals surface area contributed by atoms with Crippen molar-refractivity contribution in [3.63, 3.8) is 0 Å². The van der Waals surface area contributed by atoms with E-state index < -0.39 is 17.7 Å². The molecule has 0 aliphatic heterocycles. The van der Waals surface area contributed by atoms with Gasteiger partial charge in [-0.25, -0.2) is 4.39 Å². The Morgan fingerprint density at radius 2 is 1.96 bits per heavy atom. The van der Waals surface area contributed by atoms with Crippen LogP contribution >= 0.6 is 0 Å². The van der Waals surface area contributed by atoms with Crippen LogP contribution in [-0.2, 0) is 16.1 Å². The van der Waals surface area contributed by atoms with Gasteiger partial charge in [-0.05, 0) is 37.3 Å². The first-order valence-corrected chi connectivity index (χ1v) is 7.32. The average molecular weight is 331 g/mol. The molecule has 0 atom stereocenters. The summed E-state index contributed by atoms with van der Waals surface area (Å²) in [6.07, 6.45) is 0. The topological polar surface area (TPSA) is 64.6 Å². The highest BCUT2D eigenvalue weighted by molar-refractivity contribution is 5.95. The van der Waals surface area contributed by atoms with Crippen molar-refractivity contribution < 1.29 is 23.5 Å². The number of methoxy groups -OCH3 is 1. The number of carbonyl (C=O) groups is 2. The maximum Gasteiger partial charge on any atom is 0.325 e. The van der Waals surface area contributed by atoms with E-state index in [0.29, 0.717) is 5.75 Å². The Labute approximate surface area is 139 Å². The number of hydrogen-bond acceptors (Lipinski definition) is 4. The zero-order valence-electron chi connectivity index (χ0n) is 13.5. The number of aryl methyl sites for hydroxylation is 1. The van der Waals surface area contributed by atoms with Crippen molar-refractivity contribution in [2.75, 3.05) is 13.7 Å². The van der Waals surface area contributed by atoms with E-state index in [0.717, 1.165) is 17.2 Å². The van der Waals surface area contributed by atoms with Crippen molar-refractivity contribution in [1.29, 1.82) is 0 Å². The monoisotopic (exact) mass is 331 g/mol. The maximum atomic E-state index is 13.1. The second kappa shape index (κ2) is 8.10. The first kappa shape index (κ1) is 17.5. The fraction of sp³-hybridized carbons (Fsp3) is 0.222. The smallest absolute Gasteiger partial charge is 0.325 e. The number of carbonyl (C=O) groups excluding carboxylic acids is 2. The number of rotatable bonds is 6. The van der Waals surface area contributed by atoms with Crippen molar-refractivity contribution in [2.24, 2.45) is 0 Å². The predicted molar refractivity (Wildman–Crippen MR) is 86.3 cm³/mol. The van der Waals surface area contributed by atoms with Crippen LogP contribution in [0.3, 0.4) is 0 Å². The number of ether oxygens (including phenoxy) is 2. The molecular formula is C18H18FNO4. The van der Waals surface area contributed by atoms with Crippen molar-refractivity contribution in [1.82, 2.24) is 5.32 Å². The third-order valence-electron chi connectivity index (χ3n) is 3.30. The molecule has 2 rings (SSSR count). The molecule has 0 unspecified atom stereocenters. The summed E-state index contributed by atoms with van der Waals surface area (Å²) in [6.45, 7) is 1.66. The molecule has 5 nitrogen and oxygen atoms in total. The molecule has 0 radical (unpaired) electrons. The fourth-order valence-corrected chi connectivity index (χ4v) is 2.11. The molecule has 6 heteroatoms. The molecule has 0 saturated heterocycles. The largest absolute Gasteiger partial charge is 0.496 e. The number of nitrogens with one attached hydrogen (secondary N) is 1. The average Bonchev–Trinajstić information content (AvgIpc) is 2.58. The summed E-state index contributed by atoms with van der Waals surface area (Å²) in [7, 11) is 1.54. The highest BCUT2D eigenvalue weighted by Crippen LogP contribution is 2.20. The van der Waals surface area contributed by atoms with Gasteiger partial charge in [0, 0.05) is 11.1 Å². The minimum Gasteiger partial charge on any atom is -0.496 e. The Balaban J connectivity index is 1.86. The van der Waals surface area contributed by atoms with Crippen LogP contribution in [0.1, 0.15) is 21.5 Å². The minimum atomic E-state index is -0.594. The summed E-state index contributed by atoms with van der Waals surface area (Å²) >= 11 is 0. The Kier molecular flexibility index (Phi) is 5.89. The van der Waals surface area contributed by atoms with Gasteiger partial charge in [-0.1, -0.05) is 17.7 Å². The molecule has 1 amide bonds. The summed E-state index contributed by atoms with van der Waals surface area (Å²) < 4.78 is 23.4. The molecule has 2 aromatic carbocycles. The lowest BCUT2D eigenvalue weighted by molar-refractivity contribution is -0.143. The SMILES string of the molecule is COc1ccc(C)cc1COC(=O)CNC(=O)c1cccc(F)c1. The first-order valence-electron chi connectivity index (χ1n) is 7.32. The van der Waals surface area contributed by atoms with Crippen LogP contribution in [0.5, 0.6) is 5.75 Å². The lowest BCUT2D eigenvalue weighted by Crippen LogP contribution is -2.30. The molecule has 0 aromatic heterocycles. The summed E-state index contributed by atoms with van der Waals surface area (Å²) in [5, 5.41) is 2.39. The molecular weight excluding hydrogens is 313 g/mol. The Morgan fingerprint density at radius 1 is 1.17 bits per heavy atom. The first-order chi connectivity index (χ1) is 11.5. The van der Waals surface area contributed by atoms with E-state index >= 15 is 0 Å². The molecule has 1 N–H and O–H groups in total. The summed E-state index contributed by atoms with van der Waals surface area (Å²) in [6, 6.07) is 10.8. The zero-order chi connectivity index (χ0) is 17.5. The Bertz CT molecular complexity index is 746. The van der Waals surface area contributed by atoms with Crippen molar-refractivity contribution in [3.8, 4) is 5.75 Å². The van der Waals surface area contributed by atoms with Gasteiger partial charge in [0.2, 0.25) is 0 Å². The van der Waals surface area contributed by atoms with Crippen LogP contribution < -0.4 is 10.1 Å². The van der Waals surface area contributed by atoms with E-state index in [-0.39, 0.29) is 18.7 Å². The minimum absolute atomic E-state index is 0.0412. The van der Waals surface area contributed by atoms with Gasteiger partial charge >= 0.3 is 5.97 Å². The normalized spacial score (nSPS) is 10.1.